The molecule has 0 saturated heterocycles. The molecule has 4 rings (SSSR count). The van der Waals surface area contributed by atoms with Gasteiger partial charge in [-0.3, -0.25) is 4.79 Å². The van der Waals surface area contributed by atoms with E-state index in [2.05, 4.69) is 44.6 Å². The van der Waals surface area contributed by atoms with E-state index in [0.717, 1.165) is 22.3 Å². The monoisotopic (exact) mass is 345 g/mol. The molecule has 0 aliphatic rings. The zero-order valence-electron chi connectivity index (χ0n) is 14.9. The Labute approximate surface area is 150 Å². The van der Waals surface area contributed by atoms with E-state index in [1.165, 1.54) is 5.39 Å². The van der Waals surface area contributed by atoms with Gasteiger partial charge in [0.15, 0.2) is 0 Å². The van der Waals surface area contributed by atoms with Gasteiger partial charge < -0.3 is 5.32 Å². The van der Waals surface area contributed by atoms with Crippen molar-refractivity contribution in [3.05, 3.63) is 71.3 Å². The maximum absolute atomic E-state index is 12.6. The van der Waals surface area contributed by atoms with Crippen molar-refractivity contribution < 1.29 is 4.79 Å². The first kappa shape index (κ1) is 16.2. The van der Waals surface area contributed by atoms with E-state index in [1.807, 2.05) is 45.0 Å². The third kappa shape index (κ3) is 2.90. The molecule has 26 heavy (non-hydrogen) atoms. The van der Waals surface area contributed by atoms with Gasteiger partial charge >= 0.3 is 0 Å². The highest BCUT2D eigenvalue weighted by atomic mass is 16.2. The Morgan fingerprint density at radius 1 is 1.04 bits per heavy atom. The fraction of sp³-hybridized carbons (Fsp3) is 0.200. The van der Waals surface area contributed by atoms with Gasteiger partial charge in [-0.15, -0.1) is 5.10 Å². The summed E-state index contributed by atoms with van der Waals surface area (Å²) >= 11 is 0. The van der Waals surface area contributed by atoms with Crippen LogP contribution >= 0.6 is 0 Å². The van der Waals surface area contributed by atoms with Crippen LogP contribution in [0, 0.1) is 13.8 Å². The number of nitrogens with zero attached hydrogens (tertiary/aromatic N) is 4. The predicted molar refractivity (Wildman–Crippen MR) is 100 cm³/mol. The second-order valence-corrected chi connectivity index (χ2v) is 6.49. The molecule has 0 saturated carbocycles. The lowest BCUT2D eigenvalue weighted by molar-refractivity contribution is 0.0929. The number of carbonyl (C=O) groups is 1. The molecule has 0 fully saturated rings. The number of benzene rings is 2. The summed E-state index contributed by atoms with van der Waals surface area (Å²) in [6.07, 6.45) is 0. The van der Waals surface area contributed by atoms with Crippen molar-refractivity contribution in [3.63, 3.8) is 0 Å². The molecule has 0 radical (unpaired) electrons. The van der Waals surface area contributed by atoms with Crippen molar-refractivity contribution in [3.8, 4) is 0 Å². The Hall–Kier alpha value is -3.28. The van der Waals surface area contributed by atoms with Crippen LogP contribution in [0.25, 0.3) is 16.6 Å². The van der Waals surface area contributed by atoms with Crippen LogP contribution in [0.3, 0.4) is 0 Å². The summed E-state index contributed by atoms with van der Waals surface area (Å²) in [4.78, 5) is 21.2. The average Bonchev–Trinajstić information content (AvgIpc) is 3.05. The molecular weight excluding hydrogens is 326 g/mol. The van der Waals surface area contributed by atoms with Crippen LogP contribution in [0.1, 0.15) is 40.5 Å². The summed E-state index contributed by atoms with van der Waals surface area (Å²) in [5, 5.41) is 9.57. The third-order valence-corrected chi connectivity index (χ3v) is 4.44. The number of nitrogens with one attached hydrogen (secondary N) is 1. The fourth-order valence-corrected chi connectivity index (χ4v) is 3.08. The predicted octanol–water partition coefficient (Wildman–Crippen LogP) is 3.39. The summed E-state index contributed by atoms with van der Waals surface area (Å²) in [6, 6.07) is 16.1. The molecular formula is C20H19N5O. The molecule has 6 heteroatoms. The van der Waals surface area contributed by atoms with Gasteiger partial charge in [0.05, 0.1) is 6.04 Å². The second kappa shape index (κ2) is 6.22. The molecule has 0 aliphatic heterocycles. The minimum Gasteiger partial charge on any atom is -0.343 e. The minimum atomic E-state index is -0.312. The second-order valence-electron chi connectivity index (χ2n) is 6.49. The smallest absolute Gasteiger partial charge is 0.291 e. The quantitative estimate of drug-likeness (QED) is 0.618. The zero-order chi connectivity index (χ0) is 18.3. The summed E-state index contributed by atoms with van der Waals surface area (Å²) in [6.45, 7) is 5.75. The Morgan fingerprint density at radius 2 is 1.81 bits per heavy atom. The summed E-state index contributed by atoms with van der Waals surface area (Å²) in [5.41, 5.74) is 2.77. The van der Waals surface area contributed by atoms with Crippen LogP contribution in [0.4, 0.5) is 0 Å². The van der Waals surface area contributed by atoms with Gasteiger partial charge in [-0.25, -0.2) is 9.50 Å². The number of fused-ring (bicyclic) bond motifs is 2. The van der Waals surface area contributed by atoms with Gasteiger partial charge in [0.1, 0.15) is 0 Å². The van der Waals surface area contributed by atoms with Crippen LogP contribution in [0.5, 0.6) is 0 Å². The topological polar surface area (TPSA) is 72.2 Å². The molecule has 4 aromatic rings. The maximum atomic E-state index is 12.6. The maximum Gasteiger partial charge on any atom is 0.291 e. The molecule has 1 amide bonds. The van der Waals surface area contributed by atoms with Crippen LogP contribution in [-0.4, -0.2) is 25.5 Å². The Kier molecular flexibility index (Phi) is 3.88. The van der Waals surface area contributed by atoms with Crippen LogP contribution < -0.4 is 5.32 Å². The van der Waals surface area contributed by atoms with Crippen LogP contribution in [-0.2, 0) is 0 Å². The zero-order valence-corrected chi connectivity index (χ0v) is 14.9. The molecule has 1 N–H and O–H groups in total. The van der Waals surface area contributed by atoms with E-state index in [-0.39, 0.29) is 17.8 Å². The molecule has 1 atom stereocenters. The molecule has 0 aliphatic carbocycles. The summed E-state index contributed by atoms with van der Waals surface area (Å²) < 4.78 is 1.59. The number of carbonyl (C=O) groups excluding carboxylic acids is 1. The number of amides is 1. The number of hydrogen-bond acceptors (Lipinski definition) is 4. The van der Waals surface area contributed by atoms with Crippen LogP contribution in [0.2, 0.25) is 0 Å². The minimum absolute atomic E-state index is 0.124. The highest BCUT2D eigenvalue weighted by molar-refractivity contribution is 5.91. The van der Waals surface area contributed by atoms with Crippen molar-refractivity contribution in [1.82, 2.24) is 24.9 Å². The van der Waals surface area contributed by atoms with Gasteiger partial charge in [-0.1, -0.05) is 36.4 Å². The fourth-order valence-electron chi connectivity index (χ4n) is 3.08. The lowest BCUT2D eigenvalue weighted by Gasteiger charge is -2.13. The van der Waals surface area contributed by atoms with E-state index in [4.69, 9.17) is 0 Å². The van der Waals surface area contributed by atoms with E-state index >= 15 is 0 Å². The first-order chi connectivity index (χ1) is 12.5. The molecule has 0 spiro atoms. The Morgan fingerprint density at radius 3 is 2.62 bits per heavy atom. The molecule has 0 unspecified atom stereocenters. The first-order valence-electron chi connectivity index (χ1n) is 8.52. The molecule has 2 heterocycles. The van der Waals surface area contributed by atoms with Crippen molar-refractivity contribution in [2.24, 2.45) is 0 Å². The molecule has 0 bridgehead atoms. The molecule has 130 valence electrons. The Balaban J connectivity index is 1.59. The lowest BCUT2D eigenvalue weighted by Crippen LogP contribution is -2.27. The third-order valence-electron chi connectivity index (χ3n) is 4.44. The summed E-state index contributed by atoms with van der Waals surface area (Å²) in [7, 11) is 0. The Bertz CT molecular complexity index is 1130. The van der Waals surface area contributed by atoms with Gasteiger partial charge in [0.25, 0.3) is 11.7 Å². The molecule has 2 aromatic carbocycles. The van der Waals surface area contributed by atoms with Crippen LogP contribution in [0.15, 0.2) is 48.5 Å². The van der Waals surface area contributed by atoms with E-state index in [9.17, 15) is 4.79 Å². The van der Waals surface area contributed by atoms with Crippen molar-refractivity contribution in [2.75, 3.05) is 0 Å². The van der Waals surface area contributed by atoms with Crippen molar-refractivity contribution in [1.29, 1.82) is 0 Å². The molecule has 2 aromatic heterocycles. The van der Waals surface area contributed by atoms with E-state index < -0.39 is 0 Å². The van der Waals surface area contributed by atoms with Crippen molar-refractivity contribution in [2.45, 2.75) is 26.8 Å². The number of hydrogen-bond donors (Lipinski definition) is 1. The van der Waals surface area contributed by atoms with Gasteiger partial charge in [-0.05, 0) is 49.2 Å². The number of aromatic nitrogens is 4. The first-order valence-corrected chi connectivity index (χ1v) is 8.52. The van der Waals surface area contributed by atoms with Gasteiger partial charge in [-0.2, -0.15) is 4.98 Å². The normalized spacial score (nSPS) is 12.4. The number of aryl methyl sites for hydroxylation is 2. The molecule has 6 nitrogen and oxygen atoms in total. The van der Waals surface area contributed by atoms with E-state index in [0.29, 0.717) is 5.78 Å². The van der Waals surface area contributed by atoms with Gasteiger partial charge in [0, 0.05) is 11.4 Å². The lowest BCUT2D eigenvalue weighted by atomic mass is 10.0. The largest absolute Gasteiger partial charge is 0.343 e. The van der Waals surface area contributed by atoms with Gasteiger partial charge in [0.2, 0.25) is 5.82 Å². The van der Waals surface area contributed by atoms with Crippen molar-refractivity contribution >= 4 is 22.5 Å². The summed E-state index contributed by atoms with van der Waals surface area (Å²) in [5.74, 6) is 0.248. The van der Waals surface area contributed by atoms with E-state index in [1.54, 1.807) is 4.52 Å². The average molecular weight is 345 g/mol. The number of rotatable bonds is 3. The highest BCUT2D eigenvalue weighted by Crippen LogP contribution is 2.20. The standard InChI is InChI=1S/C20H19N5O/c1-12-10-13(2)25-20(21-12)23-18(24-25)19(26)22-14(3)16-9-8-15-6-4-5-7-17(15)11-16/h4-11,14H,1-3H3,(H,22,26)/t14-/m0/s1. The SMILES string of the molecule is Cc1cc(C)n2nc(C(=O)N[C@@H](C)c3ccc4ccccc4c3)nc2n1. The highest BCUT2D eigenvalue weighted by Gasteiger charge is 2.17.